The first kappa shape index (κ1) is 22.7. The molecule has 2 rings (SSSR count). The first-order chi connectivity index (χ1) is 12.0. The average Bonchev–Trinajstić information content (AvgIpc) is 2.99. The maximum absolute atomic E-state index is 6.02. The third-order valence-corrected chi connectivity index (χ3v) is 4.25. The highest BCUT2D eigenvalue weighted by molar-refractivity contribution is 14.0. The van der Waals surface area contributed by atoms with Crippen molar-refractivity contribution in [1.82, 2.24) is 25.3 Å². The van der Waals surface area contributed by atoms with Crippen LogP contribution in [0.4, 0.5) is 0 Å². The quantitative estimate of drug-likeness (QED) is 0.356. The Morgan fingerprint density at radius 2 is 2.12 bits per heavy atom. The molecule has 8 heteroatoms. The number of benzene rings is 1. The predicted octanol–water partition coefficient (Wildman–Crippen LogP) is 2.70. The zero-order valence-electron chi connectivity index (χ0n) is 15.7. The van der Waals surface area contributed by atoms with Gasteiger partial charge in [0.2, 0.25) is 0 Å². The molecule has 0 amide bonds. The van der Waals surface area contributed by atoms with Gasteiger partial charge in [0.05, 0.1) is 12.2 Å². The van der Waals surface area contributed by atoms with Crippen molar-refractivity contribution >= 4 is 41.5 Å². The van der Waals surface area contributed by atoms with E-state index in [1.165, 1.54) is 11.1 Å². The van der Waals surface area contributed by atoms with Crippen molar-refractivity contribution < 1.29 is 0 Å². The Labute approximate surface area is 178 Å². The topological polar surface area (TPSA) is 57.5 Å². The summed E-state index contributed by atoms with van der Waals surface area (Å²) < 4.78 is 1.82. The van der Waals surface area contributed by atoms with Crippen LogP contribution in [0.5, 0.6) is 0 Å². The fraction of sp³-hybridized carbons (Fsp3) is 0.444. The molecular weight excluding hydrogens is 463 g/mol. The van der Waals surface area contributed by atoms with E-state index in [2.05, 4.69) is 45.8 Å². The van der Waals surface area contributed by atoms with Crippen molar-refractivity contribution in [2.45, 2.75) is 12.5 Å². The summed E-state index contributed by atoms with van der Waals surface area (Å²) in [4.78, 5) is 6.47. The van der Waals surface area contributed by atoms with Crippen LogP contribution in [0.25, 0.3) is 0 Å². The molecule has 1 unspecified atom stereocenters. The highest BCUT2D eigenvalue weighted by Crippen LogP contribution is 2.16. The SMILES string of the molecule is CN=C(NCCc1cccc(Cl)c1)NCC(c1cnn(C)c1)N(C)C.I. The molecule has 0 aliphatic carbocycles. The van der Waals surface area contributed by atoms with Crippen LogP contribution in [-0.4, -0.2) is 54.9 Å². The van der Waals surface area contributed by atoms with Gasteiger partial charge >= 0.3 is 0 Å². The number of nitrogens with one attached hydrogen (secondary N) is 2. The van der Waals surface area contributed by atoms with Crippen LogP contribution >= 0.6 is 35.6 Å². The molecule has 0 radical (unpaired) electrons. The molecule has 0 aliphatic heterocycles. The molecular formula is C18H28ClIN6. The summed E-state index contributed by atoms with van der Waals surface area (Å²) in [6, 6.07) is 8.15. The van der Waals surface area contributed by atoms with Crippen molar-refractivity contribution in [2.75, 3.05) is 34.2 Å². The number of rotatable bonds is 7. The zero-order valence-corrected chi connectivity index (χ0v) is 18.8. The van der Waals surface area contributed by atoms with Gasteiger partial charge in [-0.15, -0.1) is 24.0 Å². The van der Waals surface area contributed by atoms with Gasteiger partial charge in [0.15, 0.2) is 5.96 Å². The van der Waals surface area contributed by atoms with Gasteiger partial charge in [-0.05, 0) is 38.2 Å². The van der Waals surface area contributed by atoms with Crippen LogP contribution in [-0.2, 0) is 13.5 Å². The maximum Gasteiger partial charge on any atom is 0.191 e. The van der Waals surface area contributed by atoms with E-state index in [1.807, 2.05) is 42.3 Å². The molecule has 0 aliphatic rings. The first-order valence-electron chi connectivity index (χ1n) is 8.33. The number of guanidine groups is 1. The second kappa shape index (κ2) is 11.4. The lowest BCUT2D eigenvalue weighted by atomic mass is 10.1. The van der Waals surface area contributed by atoms with Crippen molar-refractivity contribution in [1.29, 1.82) is 0 Å². The van der Waals surface area contributed by atoms with E-state index >= 15 is 0 Å². The van der Waals surface area contributed by atoms with Gasteiger partial charge in [0.25, 0.3) is 0 Å². The summed E-state index contributed by atoms with van der Waals surface area (Å²) in [5, 5.41) is 11.8. The Morgan fingerprint density at radius 1 is 1.35 bits per heavy atom. The van der Waals surface area contributed by atoms with Crippen molar-refractivity contribution in [3.63, 3.8) is 0 Å². The highest BCUT2D eigenvalue weighted by Gasteiger charge is 2.16. The van der Waals surface area contributed by atoms with E-state index in [0.29, 0.717) is 0 Å². The molecule has 2 N–H and O–H groups in total. The minimum atomic E-state index is 0. The second-order valence-corrected chi connectivity index (χ2v) is 6.62. The largest absolute Gasteiger partial charge is 0.356 e. The van der Waals surface area contributed by atoms with Gasteiger partial charge in [-0.3, -0.25) is 9.67 Å². The van der Waals surface area contributed by atoms with E-state index < -0.39 is 0 Å². The molecule has 1 aromatic carbocycles. The number of likely N-dealkylation sites (N-methyl/N-ethyl adjacent to an activating group) is 1. The average molecular weight is 491 g/mol. The number of hydrogen-bond donors (Lipinski definition) is 2. The van der Waals surface area contributed by atoms with Crippen LogP contribution in [0.2, 0.25) is 5.02 Å². The first-order valence-corrected chi connectivity index (χ1v) is 8.71. The summed E-state index contributed by atoms with van der Waals surface area (Å²) in [6.07, 6.45) is 4.84. The number of hydrogen-bond acceptors (Lipinski definition) is 3. The Kier molecular flexibility index (Phi) is 9.97. The summed E-state index contributed by atoms with van der Waals surface area (Å²) in [7, 11) is 7.84. The van der Waals surface area contributed by atoms with Gasteiger partial charge in [-0.2, -0.15) is 5.10 Å². The number of aromatic nitrogens is 2. The molecule has 6 nitrogen and oxygen atoms in total. The number of aryl methyl sites for hydroxylation is 1. The molecule has 1 aromatic heterocycles. The number of nitrogens with zero attached hydrogens (tertiary/aromatic N) is 4. The van der Waals surface area contributed by atoms with Crippen LogP contribution in [0.1, 0.15) is 17.2 Å². The Hall–Kier alpha value is -1.32. The molecule has 26 heavy (non-hydrogen) atoms. The molecule has 1 heterocycles. The summed E-state index contributed by atoms with van der Waals surface area (Å²) >= 11 is 6.02. The predicted molar refractivity (Wildman–Crippen MR) is 120 cm³/mol. The molecule has 0 saturated heterocycles. The highest BCUT2D eigenvalue weighted by atomic mass is 127. The molecule has 1 atom stereocenters. The monoisotopic (exact) mass is 490 g/mol. The minimum absolute atomic E-state index is 0. The fourth-order valence-corrected chi connectivity index (χ4v) is 2.86. The van der Waals surface area contributed by atoms with Gasteiger partial charge < -0.3 is 15.5 Å². The van der Waals surface area contributed by atoms with E-state index in [1.54, 1.807) is 7.05 Å². The van der Waals surface area contributed by atoms with Gasteiger partial charge in [0.1, 0.15) is 0 Å². The lowest BCUT2D eigenvalue weighted by molar-refractivity contribution is 0.298. The van der Waals surface area contributed by atoms with Gasteiger partial charge in [0, 0.05) is 44.0 Å². The Balaban J connectivity index is 0.00000338. The lowest BCUT2D eigenvalue weighted by Crippen LogP contribution is -2.42. The normalized spacial score (nSPS) is 12.6. The maximum atomic E-state index is 6.02. The van der Waals surface area contributed by atoms with Crippen molar-refractivity contribution in [3.05, 3.63) is 52.8 Å². The lowest BCUT2D eigenvalue weighted by Gasteiger charge is -2.24. The van der Waals surface area contributed by atoms with E-state index in [4.69, 9.17) is 11.6 Å². The molecule has 0 bridgehead atoms. The third kappa shape index (κ3) is 7.13. The second-order valence-electron chi connectivity index (χ2n) is 6.19. The molecule has 144 valence electrons. The Morgan fingerprint density at radius 3 is 2.69 bits per heavy atom. The van der Waals surface area contributed by atoms with Gasteiger partial charge in [-0.1, -0.05) is 23.7 Å². The van der Waals surface area contributed by atoms with Crippen LogP contribution < -0.4 is 10.6 Å². The smallest absolute Gasteiger partial charge is 0.191 e. The molecule has 0 saturated carbocycles. The zero-order chi connectivity index (χ0) is 18.2. The molecule has 0 fully saturated rings. The summed E-state index contributed by atoms with van der Waals surface area (Å²) in [6.45, 7) is 1.54. The van der Waals surface area contributed by atoms with Crippen LogP contribution in [0.15, 0.2) is 41.7 Å². The van der Waals surface area contributed by atoms with Crippen LogP contribution in [0, 0.1) is 0 Å². The molecule has 0 spiro atoms. The van der Waals surface area contributed by atoms with E-state index in [0.717, 1.165) is 30.5 Å². The van der Waals surface area contributed by atoms with Crippen molar-refractivity contribution in [3.8, 4) is 0 Å². The van der Waals surface area contributed by atoms with Gasteiger partial charge in [-0.25, -0.2) is 0 Å². The fourth-order valence-electron chi connectivity index (χ4n) is 2.64. The van der Waals surface area contributed by atoms with Crippen LogP contribution in [0.3, 0.4) is 0 Å². The minimum Gasteiger partial charge on any atom is -0.356 e. The van der Waals surface area contributed by atoms with E-state index in [-0.39, 0.29) is 30.0 Å². The summed E-state index contributed by atoms with van der Waals surface area (Å²) in [5.41, 5.74) is 2.38. The van der Waals surface area contributed by atoms with Crippen molar-refractivity contribution in [2.24, 2.45) is 12.0 Å². The number of aliphatic imine (C=N–C) groups is 1. The standard InChI is InChI=1S/C18H27ClN6.HI/c1-20-18(21-9-8-14-6-5-7-16(19)10-14)22-12-17(24(2)3)15-11-23-25(4)13-15;/h5-7,10-11,13,17H,8-9,12H2,1-4H3,(H2,20,21,22);1H. The third-order valence-electron chi connectivity index (χ3n) is 4.01. The summed E-state index contributed by atoms with van der Waals surface area (Å²) in [5.74, 6) is 0.790. The number of halogens is 2. The van der Waals surface area contributed by atoms with E-state index in [9.17, 15) is 0 Å². The molecule has 2 aromatic rings. The Bertz CT molecular complexity index is 700.